The number of H-pyrrole nitrogens is 1. The molecule has 0 amide bonds. The van der Waals surface area contributed by atoms with Gasteiger partial charge in [0.25, 0.3) is 0 Å². The summed E-state index contributed by atoms with van der Waals surface area (Å²) in [6, 6.07) is 6.30. The zero-order valence-corrected chi connectivity index (χ0v) is 17.9. The van der Waals surface area contributed by atoms with Gasteiger partial charge in [0.15, 0.2) is 9.84 Å². The molecule has 1 unspecified atom stereocenters. The lowest BCUT2D eigenvalue weighted by atomic mass is 10.1. The Morgan fingerprint density at radius 2 is 2.07 bits per heavy atom. The molecule has 4 rings (SSSR count). The van der Waals surface area contributed by atoms with Crippen LogP contribution in [0.25, 0.3) is 10.9 Å². The van der Waals surface area contributed by atoms with Crippen LogP contribution in [0.2, 0.25) is 0 Å². The van der Waals surface area contributed by atoms with Crippen LogP contribution in [0.15, 0.2) is 23.2 Å². The van der Waals surface area contributed by atoms with Gasteiger partial charge in [0.1, 0.15) is 5.04 Å². The number of nitrogens with zero attached hydrogens (tertiary/aromatic N) is 1. The summed E-state index contributed by atoms with van der Waals surface area (Å²) < 4.78 is 23.7. The summed E-state index contributed by atoms with van der Waals surface area (Å²) in [6.07, 6.45) is 5.55. The van der Waals surface area contributed by atoms with E-state index < -0.39 is 15.9 Å². The van der Waals surface area contributed by atoms with E-state index >= 15 is 0 Å². The summed E-state index contributed by atoms with van der Waals surface area (Å²) in [4.78, 5) is 8.13. The number of aromatic amines is 1. The highest BCUT2D eigenvalue weighted by Gasteiger charge is 2.25. The summed E-state index contributed by atoms with van der Waals surface area (Å²) in [6.45, 7) is 1.77. The molecular weight excluding hydrogens is 394 g/mol. The van der Waals surface area contributed by atoms with E-state index in [0.717, 1.165) is 51.5 Å². The molecule has 152 valence electrons. The fourth-order valence-corrected chi connectivity index (χ4v) is 5.92. The SMILES string of the molecule is CC(O)[C@@H]1CSC(c2cc3cc(CS(C)(=O)=O)cc(NC4CCCC4)c3[nH]2)=N1. The largest absolute Gasteiger partial charge is 0.391 e. The molecule has 2 atom stereocenters. The van der Waals surface area contributed by atoms with Crippen LogP contribution in [0, 0.1) is 0 Å². The quantitative estimate of drug-likeness (QED) is 0.665. The Morgan fingerprint density at radius 1 is 1.32 bits per heavy atom. The van der Waals surface area contributed by atoms with Crippen molar-refractivity contribution < 1.29 is 13.5 Å². The Kier molecular flexibility index (Phi) is 5.46. The van der Waals surface area contributed by atoms with Crippen molar-refractivity contribution in [2.75, 3.05) is 17.3 Å². The number of hydrogen-bond donors (Lipinski definition) is 3. The van der Waals surface area contributed by atoms with Gasteiger partial charge in [-0.25, -0.2) is 8.42 Å². The van der Waals surface area contributed by atoms with Crippen LogP contribution in [-0.4, -0.2) is 53.7 Å². The number of hydrogen-bond acceptors (Lipinski definition) is 6. The number of aliphatic imine (C=N–C) groups is 1. The molecule has 2 heterocycles. The van der Waals surface area contributed by atoms with Gasteiger partial charge in [-0.2, -0.15) is 0 Å². The zero-order valence-electron chi connectivity index (χ0n) is 16.2. The molecule has 1 aromatic heterocycles. The number of fused-ring (bicyclic) bond motifs is 1. The molecule has 0 bridgehead atoms. The average molecular weight is 422 g/mol. The van der Waals surface area contributed by atoms with Gasteiger partial charge in [-0.1, -0.05) is 12.8 Å². The molecule has 1 saturated carbocycles. The van der Waals surface area contributed by atoms with Gasteiger partial charge in [0, 0.05) is 23.4 Å². The van der Waals surface area contributed by atoms with E-state index in [9.17, 15) is 13.5 Å². The first-order valence-corrected chi connectivity index (χ1v) is 12.8. The van der Waals surface area contributed by atoms with Gasteiger partial charge in [-0.3, -0.25) is 4.99 Å². The second kappa shape index (κ2) is 7.72. The first-order chi connectivity index (χ1) is 13.3. The maximum absolute atomic E-state index is 11.8. The maximum Gasteiger partial charge on any atom is 0.151 e. The minimum Gasteiger partial charge on any atom is -0.391 e. The molecule has 0 spiro atoms. The smallest absolute Gasteiger partial charge is 0.151 e. The molecule has 1 fully saturated rings. The van der Waals surface area contributed by atoms with Crippen molar-refractivity contribution in [2.24, 2.45) is 4.99 Å². The fraction of sp³-hybridized carbons (Fsp3) is 0.550. The fourth-order valence-electron chi connectivity index (χ4n) is 4.00. The monoisotopic (exact) mass is 421 g/mol. The Morgan fingerprint density at radius 3 is 2.71 bits per heavy atom. The van der Waals surface area contributed by atoms with Crippen molar-refractivity contribution in [1.82, 2.24) is 4.98 Å². The van der Waals surface area contributed by atoms with Crippen molar-refractivity contribution in [3.05, 3.63) is 29.5 Å². The minimum atomic E-state index is -3.11. The highest BCUT2D eigenvalue weighted by molar-refractivity contribution is 8.14. The molecule has 1 aliphatic heterocycles. The van der Waals surface area contributed by atoms with Crippen LogP contribution in [0.1, 0.15) is 43.9 Å². The van der Waals surface area contributed by atoms with Crippen molar-refractivity contribution >= 4 is 43.2 Å². The zero-order chi connectivity index (χ0) is 19.9. The molecule has 6 nitrogen and oxygen atoms in total. The first kappa shape index (κ1) is 19.8. The van der Waals surface area contributed by atoms with Crippen molar-refractivity contribution in [2.45, 2.75) is 56.5 Å². The van der Waals surface area contributed by atoms with E-state index in [4.69, 9.17) is 0 Å². The molecule has 3 N–H and O–H groups in total. The molecule has 2 aliphatic rings. The number of anilines is 1. The summed E-state index contributed by atoms with van der Waals surface area (Å²) in [5.74, 6) is 0.803. The molecule has 1 aromatic carbocycles. The third-order valence-corrected chi connectivity index (χ3v) is 7.36. The third kappa shape index (κ3) is 4.39. The minimum absolute atomic E-state index is 0.0304. The number of rotatable bonds is 6. The Labute approximate surface area is 170 Å². The number of aliphatic hydroxyl groups excluding tert-OH is 1. The highest BCUT2D eigenvalue weighted by Crippen LogP contribution is 2.33. The molecule has 0 radical (unpaired) electrons. The summed E-state index contributed by atoms with van der Waals surface area (Å²) in [5, 5.41) is 15.3. The Balaban J connectivity index is 1.73. The lowest BCUT2D eigenvalue weighted by Crippen LogP contribution is -2.20. The van der Waals surface area contributed by atoms with Crippen molar-refractivity contribution in [3.63, 3.8) is 0 Å². The van der Waals surface area contributed by atoms with Crippen LogP contribution < -0.4 is 5.32 Å². The second-order valence-corrected chi connectivity index (χ2v) is 11.2. The van der Waals surface area contributed by atoms with Crippen LogP contribution in [0.4, 0.5) is 5.69 Å². The van der Waals surface area contributed by atoms with Gasteiger partial charge < -0.3 is 15.4 Å². The Bertz CT molecular complexity index is 1010. The standard InChI is InChI=1S/C20H27N3O3S2/c1-12(24)18-10-27-20(23-18)17-9-14-7-13(11-28(2,25)26)8-16(19(14)22-17)21-15-5-3-4-6-15/h7-9,12,15,18,21-22,24H,3-6,10-11H2,1-2H3/t12?,18-/m0/s1. The predicted molar refractivity (Wildman–Crippen MR) is 117 cm³/mol. The van der Waals surface area contributed by atoms with Crippen LogP contribution in [0.3, 0.4) is 0 Å². The predicted octanol–water partition coefficient (Wildman–Crippen LogP) is 3.31. The van der Waals surface area contributed by atoms with E-state index in [1.807, 2.05) is 18.2 Å². The van der Waals surface area contributed by atoms with E-state index in [-0.39, 0.29) is 11.8 Å². The second-order valence-electron chi connectivity index (χ2n) is 8.04. The maximum atomic E-state index is 11.8. The lowest BCUT2D eigenvalue weighted by Gasteiger charge is -2.15. The van der Waals surface area contributed by atoms with Gasteiger partial charge in [0.05, 0.1) is 34.8 Å². The van der Waals surface area contributed by atoms with Gasteiger partial charge in [-0.15, -0.1) is 11.8 Å². The third-order valence-electron chi connectivity index (χ3n) is 5.39. The Hall–Kier alpha value is -1.51. The number of benzene rings is 1. The number of sulfone groups is 1. The van der Waals surface area contributed by atoms with E-state index in [0.29, 0.717) is 6.04 Å². The van der Waals surface area contributed by atoms with E-state index in [1.54, 1.807) is 18.7 Å². The normalized spacial score (nSPS) is 22.0. The molecular formula is C20H27N3O3S2. The lowest BCUT2D eigenvalue weighted by molar-refractivity contribution is 0.174. The number of thioether (sulfide) groups is 1. The van der Waals surface area contributed by atoms with E-state index in [1.165, 1.54) is 19.1 Å². The summed E-state index contributed by atoms with van der Waals surface area (Å²) in [5.41, 5.74) is 3.67. The molecule has 8 heteroatoms. The van der Waals surface area contributed by atoms with Crippen LogP contribution in [0.5, 0.6) is 0 Å². The van der Waals surface area contributed by atoms with Crippen LogP contribution in [-0.2, 0) is 15.6 Å². The van der Waals surface area contributed by atoms with Crippen molar-refractivity contribution in [3.8, 4) is 0 Å². The molecule has 1 aliphatic carbocycles. The first-order valence-electron chi connectivity index (χ1n) is 9.77. The van der Waals surface area contributed by atoms with Crippen molar-refractivity contribution in [1.29, 1.82) is 0 Å². The number of aromatic nitrogens is 1. The molecule has 0 saturated heterocycles. The number of nitrogens with one attached hydrogen (secondary N) is 2. The van der Waals surface area contributed by atoms with Crippen LogP contribution >= 0.6 is 11.8 Å². The summed E-state index contributed by atoms with van der Waals surface area (Å²) in [7, 11) is -3.11. The topological polar surface area (TPSA) is 94.5 Å². The molecule has 2 aromatic rings. The molecule has 28 heavy (non-hydrogen) atoms. The van der Waals surface area contributed by atoms with Gasteiger partial charge in [-0.05, 0) is 43.5 Å². The number of aliphatic hydroxyl groups is 1. The average Bonchev–Trinajstić information content (AvgIpc) is 3.33. The van der Waals surface area contributed by atoms with Gasteiger partial charge >= 0.3 is 0 Å². The van der Waals surface area contributed by atoms with E-state index in [2.05, 4.69) is 15.3 Å². The highest BCUT2D eigenvalue weighted by atomic mass is 32.2. The van der Waals surface area contributed by atoms with Gasteiger partial charge in [0.2, 0.25) is 0 Å². The summed E-state index contributed by atoms with van der Waals surface area (Å²) >= 11 is 1.64.